The smallest absolute Gasteiger partial charge is 0.243 e. The third-order valence-corrected chi connectivity index (χ3v) is 8.62. The third kappa shape index (κ3) is 4.50. The molecule has 2 heterocycles. The van der Waals surface area contributed by atoms with Crippen molar-refractivity contribution in [2.75, 3.05) is 28.3 Å². The third-order valence-electron chi connectivity index (χ3n) is 8.62. The van der Waals surface area contributed by atoms with Gasteiger partial charge in [-0.2, -0.15) is 0 Å². The Hall–Kier alpha value is -5.11. The number of carbonyl (C=O) groups excluding carboxylic acids is 3. The second-order valence-electron chi connectivity index (χ2n) is 11.7. The van der Waals surface area contributed by atoms with E-state index in [1.807, 2.05) is 83.5 Å². The number of carbonyl (C=O) groups is 3. The first kappa shape index (κ1) is 26.8. The molecule has 0 radical (unpaired) electrons. The van der Waals surface area contributed by atoms with Gasteiger partial charge in [-0.1, -0.05) is 75.4 Å². The molecule has 4 aromatic rings. The normalized spacial score (nSPS) is 18.3. The number of aromatic nitrogens is 2. The van der Waals surface area contributed by atoms with Gasteiger partial charge in [-0.15, -0.1) is 0 Å². The molecule has 1 aliphatic heterocycles. The van der Waals surface area contributed by atoms with Gasteiger partial charge in [-0.25, -0.2) is 9.97 Å². The van der Waals surface area contributed by atoms with Gasteiger partial charge in [0.25, 0.3) is 0 Å². The molecular weight excluding hydrogens is 538 g/mol. The molecule has 0 fully saturated rings. The van der Waals surface area contributed by atoms with Gasteiger partial charge < -0.3 is 15.1 Å². The van der Waals surface area contributed by atoms with E-state index in [0.717, 1.165) is 32.8 Å². The molecular formula is C35H31N5O3. The number of ketones is 2. The van der Waals surface area contributed by atoms with Gasteiger partial charge >= 0.3 is 0 Å². The number of nitrogens with one attached hydrogen (secondary N) is 1. The minimum atomic E-state index is -0.633. The van der Waals surface area contributed by atoms with E-state index in [1.165, 1.54) is 11.9 Å². The lowest BCUT2D eigenvalue weighted by Crippen LogP contribution is -2.48. The predicted octanol–water partition coefficient (Wildman–Crippen LogP) is 4.21. The number of anilines is 3. The Morgan fingerprint density at radius 3 is 2.51 bits per heavy atom. The van der Waals surface area contributed by atoms with E-state index in [0.29, 0.717) is 29.7 Å². The quantitative estimate of drug-likeness (QED) is 0.385. The van der Waals surface area contributed by atoms with Crippen LogP contribution in [0.2, 0.25) is 0 Å². The number of hydrogen-bond donors (Lipinski definition) is 1. The number of nitrogens with zero attached hydrogens (tertiary/aromatic N) is 4. The van der Waals surface area contributed by atoms with E-state index in [-0.39, 0.29) is 29.9 Å². The van der Waals surface area contributed by atoms with Crippen LogP contribution in [0.5, 0.6) is 0 Å². The fourth-order valence-corrected chi connectivity index (χ4v) is 6.42. The molecule has 2 aliphatic carbocycles. The molecule has 0 saturated carbocycles. The van der Waals surface area contributed by atoms with Crippen LogP contribution in [0.3, 0.4) is 0 Å². The van der Waals surface area contributed by atoms with Gasteiger partial charge in [-0.3, -0.25) is 14.4 Å². The summed E-state index contributed by atoms with van der Waals surface area (Å²) >= 11 is 0. The minimum Gasteiger partial charge on any atom is -0.340 e. The number of rotatable bonds is 5. The van der Waals surface area contributed by atoms with Crippen molar-refractivity contribution in [3.63, 3.8) is 0 Å². The monoisotopic (exact) mass is 569 g/mol. The van der Waals surface area contributed by atoms with Crippen LogP contribution in [0.4, 0.5) is 17.2 Å². The Balaban J connectivity index is 1.23. The lowest BCUT2D eigenvalue weighted by Gasteiger charge is -2.33. The Kier molecular flexibility index (Phi) is 6.42. The zero-order valence-corrected chi connectivity index (χ0v) is 24.2. The summed E-state index contributed by atoms with van der Waals surface area (Å²) < 4.78 is 0. The highest BCUT2D eigenvalue weighted by Gasteiger charge is 2.41. The summed E-state index contributed by atoms with van der Waals surface area (Å²) in [7, 11) is 0. The van der Waals surface area contributed by atoms with Crippen LogP contribution >= 0.6 is 0 Å². The van der Waals surface area contributed by atoms with Crippen molar-refractivity contribution in [3.8, 4) is 11.1 Å². The summed E-state index contributed by atoms with van der Waals surface area (Å²) in [4.78, 5) is 52.8. The minimum absolute atomic E-state index is 0.0380. The van der Waals surface area contributed by atoms with Gasteiger partial charge in [0.15, 0.2) is 17.4 Å². The molecule has 7 rings (SSSR count). The SMILES string of the molecule is CC1C=c2c(ccc3c2=CC(=O)c2ccccc2-3)C(N2CN(CC(=O)Nc3ccc(C(C)C)cc3)c3cncnc32)C1=O. The van der Waals surface area contributed by atoms with Crippen LogP contribution in [0.1, 0.15) is 54.2 Å². The first-order chi connectivity index (χ1) is 20.8. The maximum absolute atomic E-state index is 13.9. The standard InChI is InChI=1S/C35H31N5O3/c1-20(2)22-8-10-23(11-9-22)38-32(42)17-39-19-40(35-30(39)16-36-18-37-35)33-27-13-12-25-24-6-4-5-7-26(24)31(41)15-29(25)28(27)14-21(3)34(33)43/h4-16,18,20-21,33H,17,19H2,1-3H3,(H,38,42). The largest absolute Gasteiger partial charge is 0.340 e. The van der Waals surface area contributed by atoms with E-state index in [1.54, 1.807) is 12.3 Å². The summed E-state index contributed by atoms with van der Waals surface area (Å²) in [6.07, 6.45) is 6.81. The van der Waals surface area contributed by atoms with Crippen LogP contribution in [-0.4, -0.2) is 40.7 Å². The van der Waals surface area contributed by atoms with Crippen molar-refractivity contribution >= 4 is 46.8 Å². The zero-order chi connectivity index (χ0) is 29.8. The van der Waals surface area contributed by atoms with Crippen LogP contribution in [0.15, 0.2) is 73.2 Å². The van der Waals surface area contributed by atoms with Crippen molar-refractivity contribution in [2.45, 2.75) is 32.7 Å². The Morgan fingerprint density at radius 1 is 0.977 bits per heavy atom. The van der Waals surface area contributed by atoms with Crippen molar-refractivity contribution < 1.29 is 14.4 Å². The summed E-state index contributed by atoms with van der Waals surface area (Å²) in [5.41, 5.74) is 6.02. The average Bonchev–Trinajstić information content (AvgIpc) is 3.36. The summed E-state index contributed by atoms with van der Waals surface area (Å²) in [5, 5.41) is 4.73. The second kappa shape index (κ2) is 10.3. The van der Waals surface area contributed by atoms with Gasteiger partial charge in [0, 0.05) is 17.2 Å². The Morgan fingerprint density at radius 2 is 1.74 bits per heavy atom. The van der Waals surface area contributed by atoms with E-state index in [2.05, 4.69) is 29.1 Å². The lowest BCUT2D eigenvalue weighted by molar-refractivity contribution is -0.122. The molecule has 3 aromatic carbocycles. The summed E-state index contributed by atoms with van der Waals surface area (Å²) in [6.45, 7) is 6.52. The van der Waals surface area contributed by atoms with E-state index >= 15 is 0 Å². The molecule has 1 N–H and O–H groups in total. The van der Waals surface area contributed by atoms with E-state index in [9.17, 15) is 14.4 Å². The fourth-order valence-electron chi connectivity index (χ4n) is 6.42. The molecule has 2 atom stereocenters. The maximum Gasteiger partial charge on any atom is 0.243 e. The number of amides is 1. The van der Waals surface area contributed by atoms with Gasteiger partial charge in [0.05, 0.1) is 19.4 Å². The number of fused-ring (bicyclic) bond motifs is 6. The van der Waals surface area contributed by atoms with Crippen LogP contribution in [0, 0.1) is 5.92 Å². The molecule has 214 valence electrons. The van der Waals surface area contributed by atoms with Gasteiger partial charge in [-0.05, 0) is 56.8 Å². The molecule has 3 aliphatic rings. The molecule has 1 aromatic heterocycles. The summed E-state index contributed by atoms with van der Waals surface area (Å²) in [6, 6.07) is 18.9. The topological polar surface area (TPSA) is 95.5 Å². The number of hydrogen-bond acceptors (Lipinski definition) is 7. The molecule has 0 bridgehead atoms. The molecule has 2 unspecified atom stereocenters. The molecule has 8 heteroatoms. The van der Waals surface area contributed by atoms with Crippen molar-refractivity contribution in [1.82, 2.24) is 9.97 Å². The first-order valence-electron chi connectivity index (χ1n) is 14.6. The van der Waals surface area contributed by atoms with Crippen LogP contribution in [-0.2, 0) is 9.59 Å². The molecule has 0 saturated heterocycles. The van der Waals surface area contributed by atoms with E-state index in [4.69, 9.17) is 0 Å². The Labute approximate surface area is 249 Å². The predicted molar refractivity (Wildman–Crippen MR) is 167 cm³/mol. The highest BCUT2D eigenvalue weighted by molar-refractivity contribution is 6.22. The number of Topliss-reactive ketones (excluding diaryl/α,β-unsaturated/α-hetero) is 2. The Bertz CT molecular complexity index is 1930. The van der Waals surface area contributed by atoms with Crippen molar-refractivity contribution in [3.05, 3.63) is 100 Å². The highest BCUT2D eigenvalue weighted by atomic mass is 16.2. The fraction of sp³-hybridized carbons (Fsp3) is 0.229. The van der Waals surface area contributed by atoms with Crippen LogP contribution in [0.25, 0.3) is 23.3 Å². The highest BCUT2D eigenvalue weighted by Crippen LogP contribution is 2.40. The van der Waals surface area contributed by atoms with Gasteiger partial charge in [0.1, 0.15) is 18.1 Å². The molecule has 0 spiro atoms. The maximum atomic E-state index is 13.9. The number of benzene rings is 3. The van der Waals surface area contributed by atoms with Crippen molar-refractivity contribution in [2.24, 2.45) is 5.92 Å². The van der Waals surface area contributed by atoms with Crippen LogP contribution < -0.4 is 25.6 Å². The first-order valence-corrected chi connectivity index (χ1v) is 14.6. The lowest BCUT2D eigenvalue weighted by atomic mass is 9.81. The van der Waals surface area contributed by atoms with E-state index < -0.39 is 6.04 Å². The second-order valence-corrected chi connectivity index (χ2v) is 11.7. The molecule has 8 nitrogen and oxygen atoms in total. The summed E-state index contributed by atoms with van der Waals surface area (Å²) in [5.74, 6) is 0.459. The molecule has 43 heavy (non-hydrogen) atoms. The molecule has 1 amide bonds. The van der Waals surface area contributed by atoms with Crippen molar-refractivity contribution in [1.29, 1.82) is 0 Å². The van der Waals surface area contributed by atoms with Gasteiger partial charge in [0.2, 0.25) is 5.91 Å². The zero-order valence-electron chi connectivity index (χ0n) is 24.2. The average molecular weight is 570 g/mol.